The Morgan fingerprint density at radius 1 is 1.41 bits per heavy atom. The van der Waals surface area contributed by atoms with Crippen LogP contribution < -0.4 is 10.6 Å². The first-order valence-corrected chi connectivity index (χ1v) is 6.22. The van der Waals surface area contributed by atoms with E-state index in [2.05, 4.69) is 28.7 Å². The second-order valence-electron chi connectivity index (χ2n) is 4.52. The predicted octanol–water partition coefficient (Wildman–Crippen LogP) is 1.92. The normalized spacial score (nSPS) is 10.6. The maximum Gasteiger partial charge on any atom is 0.150 e. The summed E-state index contributed by atoms with van der Waals surface area (Å²) in [5.41, 5.74) is 6.50. The molecule has 0 aliphatic rings. The van der Waals surface area contributed by atoms with E-state index >= 15 is 0 Å². The van der Waals surface area contributed by atoms with E-state index in [9.17, 15) is 0 Å². The molecule has 0 aromatic carbocycles. The summed E-state index contributed by atoms with van der Waals surface area (Å²) < 4.78 is 0. The van der Waals surface area contributed by atoms with Gasteiger partial charge in [0.15, 0.2) is 0 Å². The summed E-state index contributed by atoms with van der Waals surface area (Å²) in [5.74, 6) is 1.49. The third kappa shape index (κ3) is 4.65. The minimum atomic E-state index is 0.542. The van der Waals surface area contributed by atoms with Crippen molar-refractivity contribution in [3.8, 4) is 0 Å². The Morgan fingerprint density at radius 2 is 2.06 bits per heavy atom. The molecule has 0 saturated heterocycles. The molecule has 0 aliphatic carbocycles. The van der Waals surface area contributed by atoms with Crippen LogP contribution >= 0.6 is 12.2 Å². The van der Waals surface area contributed by atoms with E-state index in [1.807, 2.05) is 6.92 Å². The van der Waals surface area contributed by atoms with E-state index in [0.717, 1.165) is 24.6 Å². The Balaban J connectivity index is 2.82. The van der Waals surface area contributed by atoms with Crippen molar-refractivity contribution in [3.05, 3.63) is 18.1 Å². The zero-order valence-corrected chi connectivity index (χ0v) is 11.5. The molecule has 0 bridgehead atoms. The van der Waals surface area contributed by atoms with Gasteiger partial charge in [-0.2, -0.15) is 0 Å². The average molecular weight is 252 g/mol. The fourth-order valence-electron chi connectivity index (χ4n) is 1.68. The van der Waals surface area contributed by atoms with Gasteiger partial charge in [0, 0.05) is 31.9 Å². The molecule has 0 atom stereocenters. The molecule has 1 aromatic rings. The first-order valence-electron chi connectivity index (χ1n) is 5.81. The van der Waals surface area contributed by atoms with Crippen LogP contribution in [0.15, 0.2) is 12.4 Å². The summed E-state index contributed by atoms with van der Waals surface area (Å²) in [7, 11) is 0. The molecule has 1 heterocycles. The summed E-state index contributed by atoms with van der Waals surface area (Å²) in [4.78, 5) is 11.4. The van der Waals surface area contributed by atoms with Gasteiger partial charge in [-0.15, -0.1) is 0 Å². The Hall–Kier alpha value is -1.23. The predicted molar refractivity (Wildman–Crippen MR) is 75.2 cm³/mol. The largest absolute Gasteiger partial charge is 0.393 e. The van der Waals surface area contributed by atoms with Crippen molar-refractivity contribution in [3.63, 3.8) is 0 Å². The molecule has 17 heavy (non-hydrogen) atoms. The van der Waals surface area contributed by atoms with Crippen LogP contribution in [-0.4, -0.2) is 28.0 Å². The Morgan fingerprint density at radius 3 is 2.59 bits per heavy atom. The monoisotopic (exact) mass is 252 g/mol. The number of aromatic nitrogens is 2. The first-order chi connectivity index (χ1) is 8.00. The van der Waals surface area contributed by atoms with Crippen molar-refractivity contribution in [1.29, 1.82) is 0 Å². The molecule has 0 spiro atoms. The van der Waals surface area contributed by atoms with Crippen LogP contribution in [0.4, 0.5) is 5.82 Å². The molecular weight excluding hydrogens is 232 g/mol. The molecular formula is C12H20N4S. The smallest absolute Gasteiger partial charge is 0.150 e. The van der Waals surface area contributed by atoms with Gasteiger partial charge in [-0.25, -0.2) is 4.98 Å². The van der Waals surface area contributed by atoms with Crippen molar-refractivity contribution in [2.24, 2.45) is 11.7 Å². The molecule has 0 saturated carbocycles. The zero-order chi connectivity index (χ0) is 12.8. The van der Waals surface area contributed by atoms with Gasteiger partial charge in [0.05, 0.1) is 10.7 Å². The number of rotatable bonds is 6. The van der Waals surface area contributed by atoms with E-state index < -0.39 is 0 Å². The van der Waals surface area contributed by atoms with Gasteiger partial charge in [0.1, 0.15) is 5.82 Å². The number of anilines is 1. The third-order valence-corrected chi connectivity index (χ3v) is 2.57. The number of hydrogen-bond donors (Lipinski definition) is 1. The van der Waals surface area contributed by atoms with E-state index in [-0.39, 0.29) is 0 Å². The number of nitrogens with zero attached hydrogens (tertiary/aromatic N) is 3. The van der Waals surface area contributed by atoms with Crippen LogP contribution in [0, 0.1) is 12.8 Å². The van der Waals surface area contributed by atoms with E-state index in [1.54, 1.807) is 12.4 Å². The number of hydrogen-bond acceptors (Lipinski definition) is 4. The minimum absolute atomic E-state index is 0.542. The molecule has 0 aliphatic heterocycles. The maximum atomic E-state index is 5.56. The molecule has 4 nitrogen and oxygen atoms in total. The summed E-state index contributed by atoms with van der Waals surface area (Å²) in [5, 5.41) is 0. The number of thiocarbonyl (C=S) groups is 1. The van der Waals surface area contributed by atoms with Crippen LogP contribution in [0.3, 0.4) is 0 Å². The van der Waals surface area contributed by atoms with Gasteiger partial charge < -0.3 is 10.6 Å². The highest BCUT2D eigenvalue weighted by molar-refractivity contribution is 7.80. The van der Waals surface area contributed by atoms with Crippen LogP contribution in [0.5, 0.6) is 0 Å². The van der Waals surface area contributed by atoms with E-state index in [0.29, 0.717) is 17.3 Å². The summed E-state index contributed by atoms with van der Waals surface area (Å²) in [6.45, 7) is 8.06. The third-order valence-electron chi connectivity index (χ3n) is 2.37. The van der Waals surface area contributed by atoms with Crippen molar-refractivity contribution >= 4 is 23.0 Å². The molecule has 1 rings (SSSR count). The lowest BCUT2D eigenvalue weighted by molar-refractivity contribution is 0.607. The van der Waals surface area contributed by atoms with Crippen molar-refractivity contribution in [2.45, 2.75) is 27.2 Å². The second kappa shape index (κ2) is 6.49. The van der Waals surface area contributed by atoms with E-state index in [1.165, 1.54) is 0 Å². The molecule has 2 N–H and O–H groups in total. The molecule has 1 aromatic heterocycles. The second-order valence-corrected chi connectivity index (χ2v) is 5.05. The van der Waals surface area contributed by atoms with Gasteiger partial charge in [0.2, 0.25) is 0 Å². The molecule has 0 radical (unpaired) electrons. The highest BCUT2D eigenvalue weighted by Crippen LogP contribution is 2.15. The Bertz CT molecular complexity index is 379. The van der Waals surface area contributed by atoms with Crippen molar-refractivity contribution in [2.75, 3.05) is 18.0 Å². The molecule has 0 amide bonds. The summed E-state index contributed by atoms with van der Waals surface area (Å²) in [6, 6.07) is 0. The number of aryl methyl sites for hydroxylation is 1. The first kappa shape index (κ1) is 13.8. The van der Waals surface area contributed by atoms with Gasteiger partial charge >= 0.3 is 0 Å². The summed E-state index contributed by atoms with van der Waals surface area (Å²) >= 11 is 4.93. The summed E-state index contributed by atoms with van der Waals surface area (Å²) in [6.07, 6.45) is 4.13. The van der Waals surface area contributed by atoms with Crippen molar-refractivity contribution < 1.29 is 0 Å². The highest BCUT2D eigenvalue weighted by Gasteiger charge is 2.12. The molecule has 5 heteroatoms. The van der Waals surface area contributed by atoms with Gasteiger partial charge in [0.25, 0.3) is 0 Å². The van der Waals surface area contributed by atoms with Crippen LogP contribution in [0.25, 0.3) is 0 Å². The average Bonchev–Trinajstić information content (AvgIpc) is 2.24. The number of nitrogens with two attached hydrogens (primary N) is 1. The minimum Gasteiger partial charge on any atom is -0.393 e. The van der Waals surface area contributed by atoms with Crippen LogP contribution in [0.1, 0.15) is 26.0 Å². The fourth-order valence-corrected chi connectivity index (χ4v) is 1.77. The lowest BCUT2D eigenvalue weighted by Crippen LogP contribution is -2.32. The molecule has 94 valence electrons. The van der Waals surface area contributed by atoms with Crippen LogP contribution in [-0.2, 0) is 0 Å². The zero-order valence-electron chi connectivity index (χ0n) is 10.7. The van der Waals surface area contributed by atoms with Crippen LogP contribution in [0.2, 0.25) is 0 Å². The van der Waals surface area contributed by atoms with E-state index in [4.69, 9.17) is 18.0 Å². The molecule has 0 unspecified atom stereocenters. The molecule has 0 fully saturated rings. The van der Waals surface area contributed by atoms with Gasteiger partial charge in [-0.05, 0) is 12.8 Å². The maximum absolute atomic E-state index is 5.56. The lowest BCUT2D eigenvalue weighted by atomic mass is 10.2. The van der Waals surface area contributed by atoms with Crippen molar-refractivity contribution in [1.82, 2.24) is 9.97 Å². The Labute approximate surface area is 108 Å². The SMILES string of the molecule is Cc1nccnc1N(CCC(N)=S)CC(C)C. The quantitative estimate of drug-likeness (QED) is 0.784. The standard InChI is InChI=1S/C12H20N4S/c1-9(2)8-16(7-4-11(13)17)12-10(3)14-5-6-15-12/h5-6,9H,4,7-8H2,1-3H3,(H2,13,17). The van der Waals surface area contributed by atoms with Gasteiger partial charge in [-0.3, -0.25) is 4.98 Å². The fraction of sp³-hybridized carbons (Fsp3) is 0.583. The van der Waals surface area contributed by atoms with Gasteiger partial charge in [-0.1, -0.05) is 26.1 Å². The lowest BCUT2D eigenvalue weighted by Gasteiger charge is -2.26. The topological polar surface area (TPSA) is 55.0 Å². The highest BCUT2D eigenvalue weighted by atomic mass is 32.1. The Kier molecular flexibility index (Phi) is 5.28.